The summed E-state index contributed by atoms with van der Waals surface area (Å²) in [6.45, 7) is 10.3. The van der Waals surface area contributed by atoms with Gasteiger partial charge < -0.3 is 5.32 Å². The third-order valence-corrected chi connectivity index (χ3v) is 5.46. The summed E-state index contributed by atoms with van der Waals surface area (Å²) in [7, 11) is 0. The Balaban J connectivity index is 2.21. The second kappa shape index (κ2) is 9.16. The first-order chi connectivity index (χ1) is 11.9. The summed E-state index contributed by atoms with van der Waals surface area (Å²) in [5, 5.41) is 8.56. The molecule has 0 bridgehead atoms. The molecule has 0 radical (unpaired) electrons. The fourth-order valence-electron chi connectivity index (χ4n) is 2.79. The zero-order valence-corrected chi connectivity index (χ0v) is 16.7. The van der Waals surface area contributed by atoms with Crippen molar-refractivity contribution in [1.82, 2.24) is 10.6 Å². The first-order valence-electron chi connectivity index (χ1n) is 9.12. The number of thiophene rings is 1. The number of hydrogen-bond donors (Lipinski definition) is 2. The molecule has 0 aliphatic heterocycles. The molecule has 4 heteroatoms. The summed E-state index contributed by atoms with van der Waals surface area (Å²) >= 11 is 1.71. The maximum Gasteiger partial charge on any atom is 0.237 e. The van der Waals surface area contributed by atoms with Crippen molar-refractivity contribution in [3.05, 3.63) is 57.8 Å². The van der Waals surface area contributed by atoms with Crippen LogP contribution >= 0.6 is 11.3 Å². The van der Waals surface area contributed by atoms with Crippen molar-refractivity contribution < 1.29 is 4.79 Å². The van der Waals surface area contributed by atoms with Crippen LogP contribution in [0, 0.1) is 0 Å². The molecule has 3 atom stereocenters. The minimum absolute atomic E-state index is 0.0268. The van der Waals surface area contributed by atoms with E-state index in [0.29, 0.717) is 5.92 Å². The standard InChI is InChI=1S/C21H30N2OS/c1-6-15(4)17-9-11-18(12-10-17)20(19-8-7-13-25-19)23-16(5)21(24)22-14(2)3/h7-16,20,23H,6H2,1-5H3,(H,22,24)/t15-,16-,20+/m0/s1. The van der Waals surface area contributed by atoms with E-state index in [2.05, 4.69) is 66.3 Å². The van der Waals surface area contributed by atoms with Gasteiger partial charge in [-0.25, -0.2) is 0 Å². The smallest absolute Gasteiger partial charge is 0.237 e. The van der Waals surface area contributed by atoms with Crippen LogP contribution in [0.25, 0.3) is 0 Å². The van der Waals surface area contributed by atoms with Gasteiger partial charge in [0.1, 0.15) is 0 Å². The van der Waals surface area contributed by atoms with Gasteiger partial charge in [0.05, 0.1) is 12.1 Å². The molecular formula is C21H30N2OS. The molecule has 25 heavy (non-hydrogen) atoms. The van der Waals surface area contributed by atoms with Crippen molar-refractivity contribution in [2.24, 2.45) is 0 Å². The first kappa shape index (κ1) is 19.7. The highest BCUT2D eigenvalue weighted by molar-refractivity contribution is 7.10. The van der Waals surface area contributed by atoms with Crippen molar-refractivity contribution in [1.29, 1.82) is 0 Å². The Morgan fingerprint density at radius 1 is 1.04 bits per heavy atom. The van der Waals surface area contributed by atoms with Gasteiger partial charge >= 0.3 is 0 Å². The molecule has 2 rings (SSSR count). The molecule has 0 saturated carbocycles. The van der Waals surface area contributed by atoms with Crippen molar-refractivity contribution in [2.75, 3.05) is 0 Å². The van der Waals surface area contributed by atoms with Gasteiger partial charge in [-0.2, -0.15) is 0 Å². The number of benzene rings is 1. The molecule has 1 aromatic carbocycles. The molecule has 0 fully saturated rings. The van der Waals surface area contributed by atoms with Crippen LogP contribution in [-0.2, 0) is 4.79 Å². The fourth-order valence-corrected chi connectivity index (χ4v) is 3.60. The van der Waals surface area contributed by atoms with Crippen molar-refractivity contribution >= 4 is 17.2 Å². The summed E-state index contributed by atoms with van der Waals surface area (Å²) in [6, 6.07) is 12.9. The van der Waals surface area contributed by atoms with E-state index in [0.717, 1.165) is 6.42 Å². The maximum absolute atomic E-state index is 12.3. The lowest BCUT2D eigenvalue weighted by molar-refractivity contribution is -0.123. The lowest BCUT2D eigenvalue weighted by Gasteiger charge is -2.24. The quantitative estimate of drug-likeness (QED) is 0.708. The normalized spacial score (nSPS) is 15.0. The van der Waals surface area contributed by atoms with Crippen LogP contribution in [0.1, 0.15) is 69.0 Å². The van der Waals surface area contributed by atoms with Gasteiger partial charge in [0.25, 0.3) is 0 Å². The molecule has 136 valence electrons. The van der Waals surface area contributed by atoms with Gasteiger partial charge in [-0.15, -0.1) is 11.3 Å². The molecule has 1 aromatic heterocycles. The third-order valence-electron chi connectivity index (χ3n) is 4.52. The van der Waals surface area contributed by atoms with Crippen LogP contribution < -0.4 is 10.6 Å². The highest BCUT2D eigenvalue weighted by Gasteiger charge is 2.22. The summed E-state index contributed by atoms with van der Waals surface area (Å²) in [4.78, 5) is 13.5. The van der Waals surface area contributed by atoms with Crippen molar-refractivity contribution in [3.63, 3.8) is 0 Å². The van der Waals surface area contributed by atoms with Gasteiger partial charge in [-0.05, 0) is 55.7 Å². The Bertz CT molecular complexity index is 649. The highest BCUT2D eigenvalue weighted by atomic mass is 32.1. The molecule has 0 aliphatic carbocycles. The SMILES string of the molecule is CC[C@H](C)c1ccc([C@@H](N[C@@H](C)C(=O)NC(C)C)c2cccs2)cc1. The third kappa shape index (κ3) is 5.41. The summed E-state index contributed by atoms with van der Waals surface area (Å²) in [6.07, 6.45) is 1.14. The average Bonchev–Trinajstić information content (AvgIpc) is 3.12. The summed E-state index contributed by atoms with van der Waals surface area (Å²) < 4.78 is 0. The summed E-state index contributed by atoms with van der Waals surface area (Å²) in [5.41, 5.74) is 2.56. The molecule has 2 N–H and O–H groups in total. The van der Waals surface area contributed by atoms with E-state index in [1.54, 1.807) is 11.3 Å². The van der Waals surface area contributed by atoms with Crippen LogP contribution in [-0.4, -0.2) is 18.0 Å². The maximum atomic E-state index is 12.3. The zero-order valence-electron chi connectivity index (χ0n) is 15.9. The monoisotopic (exact) mass is 358 g/mol. The molecule has 3 nitrogen and oxygen atoms in total. The van der Waals surface area contributed by atoms with Gasteiger partial charge in [-0.1, -0.05) is 44.2 Å². The summed E-state index contributed by atoms with van der Waals surface area (Å²) in [5.74, 6) is 0.603. The van der Waals surface area contributed by atoms with Crippen LogP contribution in [0.4, 0.5) is 0 Å². The first-order valence-corrected chi connectivity index (χ1v) is 10.00. The van der Waals surface area contributed by atoms with Crippen LogP contribution in [0.2, 0.25) is 0 Å². The van der Waals surface area contributed by atoms with E-state index in [4.69, 9.17) is 0 Å². The Labute approximate surface area is 155 Å². The second-order valence-electron chi connectivity index (χ2n) is 6.98. The van der Waals surface area contributed by atoms with Gasteiger partial charge in [0.2, 0.25) is 5.91 Å². The van der Waals surface area contributed by atoms with E-state index >= 15 is 0 Å². The topological polar surface area (TPSA) is 41.1 Å². The van der Waals surface area contributed by atoms with E-state index in [9.17, 15) is 4.79 Å². The molecule has 0 saturated heterocycles. The molecule has 0 unspecified atom stereocenters. The molecule has 2 aromatic rings. The van der Waals surface area contributed by atoms with Gasteiger partial charge in [-0.3, -0.25) is 10.1 Å². The highest BCUT2D eigenvalue weighted by Crippen LogP contribution is 2.28. The van der Waals surface area contributed by atoms with Crippen LogP contribution in [0.15, 0.2) is 41.8 Å². The lowest BCUT2D eigenvalue weighted by atomic mass is 9.95. The number of rotatable bonds is 8. The van der Waals surface area contributed by atoms with Crippen LogP contribution in [0.3, 0.4) is 0 Å². The van der Waals surface area contributed by atoms with E-state index in [-0.39, 0.29) is 24.0 Å². The largest absolute Gasteiger partial charge is 0.353 e. The molecule has 0 spiro atoms. The number of hydrogen-bond acceptors (Lipinski definition) is 3. The Hall–Kier alpha value is -1.65. The second-order valence-corrected chi connectivity index (χ2v) is 7.96. The Morgan fingerprint density at radius 3 is 2.20 bits per heavy atom. The zero-order chi connectivity index (χ0) is 18.4. The Morgan fingerprint density at radius 2 is 1.68 bits per heavy atom. The van der Waals surface area contributed by atoms with Crippen molar-refractivity contribution in [2.45, 2.75) is 65.1 Å². The van der Waals surface area contributed by atoms with Gasteiger partial charge in [0, 0.05) is 10.9 Å². The molecule has 1 heterocycles. The fraction of sp³-hybridized carbons (Fsp3) is 0.476. The lowest BCUT2D eigenvalue weighted by Crippen LogP contribution is -2.45. The number of carbonyl (C=O) groups is 1. The molecule has 0 aliphatic rings. The molecular weight excluding hydrogens is 328 g/mol. The van der Waals surface area contributed by atoms with E-state index in [1.165, 1.54) is 16.0 Å². The average molecular weight is 359 g/mol. The Kier molecular flexibility index (Phi) is 7.21. The predicted molar refractivity (Wildman–Crippen MR) is 107 cm³/mol. The minimum atomic E-state index is -0.260. The minimum Gasteiger partial charge on any atom is -0.353 e. The van der Waals surface area contributed by atoms with Crippen molar-refractivity contribution in [3.8, 4) is 0 Å². The van der Waals surface area contributed by atoms with Crippen LogP contribution in [0.5, 0.6) is 0 Å². The van der Waals surface area contributed by atoms with E-state index < -0.39 is 0 Å². The number of carbonyl (C=O) groups excluding carboxylic acids is 1. The number of nitrogens with one attached hydrogen (secondary N) is 2. The predicted octanol–water partition coefficient (Wildman–Crippen LogP) is 4.85. The molecule has 1 amide bonds. The van der Waals surface area contributed by atoms with Gasteiger partial charge in [0.15, 0.2) is 0 Å². The number of amides is 1. The van der Waals surface area contributed by atoms with E-state index in [1.807, 2.05) is 20.8 Å².